The molecule has 8 nitrogen and oxygen atoms in total. The molecule has 0 N–H and O–H groups in total. The summed E-state index contributed by atoms with van der Waals surface area (Å²) in [5.74, 6) is 1.18. The van der Waals surface area contributed by atoms with E-state index in [1.165, 1.54) is 6.33 Å². The number of furan rings is 1. The van der Waals surface area contributed by atoms with Gasteiger partial charge in [-0.25, -0.2) is 19.6 Å². The van der Waals surface area contributed by atoms with Crippen molar-refractivity contribution in [2.45, 2.75) is 6.54 Å². The maximum absolute atomic E-state index is 11.0. The van der Waals surface area contributed by atoms with E-state index in [2.05, 4.69) is 15.0 Å². The molecular formula is C20H18N6O2. The summed E-state index contributed by atoms with van der Waals surface area (Å²) in [4.78, 5) is 26.0. The van der Waals surface area contributed by atoms with E-state index in [9.17, 15) is 4.79 Å². The van der Waals surface area contributed by atoms with Crippen LogP contribution in [0.2, 0.25) is 0 Å². The van der Waals surface area contributed by atoms with Crippen LogP contribution in [0.1, 0.15) is 16.1 Å². The molecule has 0 aliphatic rings. The molecule has 8 heteroatoms. The zero-order valence-electron chi connectivity index (χ0n) is 15.5. The van der Waals surface area contributed by atoms with Gasteiger partial charge in [-0.05, 0) is 17.7 Å². The summed E-state index contributed by atoms with van der Waals surface area (Å²) < 4.78 is 7.40. The van der Waals surface area contributed by atoms with Crippen LogP contribution in [-0.2, 0) is 6.54 Å². The first-order valence-corrected chi connectivity index (χ1v) is 8.67. The molecule has 0 aliphatic heterocycles. The van der Waals surface area contributed by atoms with Crippen molar-refractivity contribution in [1.82, 2.24) is 24.6 Å². The average molecular weight is 374 g/mol. The zero-order valence-corrected chi connectivity index (χ0v) is 15.5. The second kappa shape index (κ2) is 7.43. The molecule has 4 aromatic rings. The number of rotatable bonds is 6. The highest BCUT2D eigenvalue weighted by atomic mass is 16.3. The second-order valence-electron chi connectivity index (χ2n) is 6.42. The fraction of sp³-hybridized carbons (Fsp3) is 0.150. The Kier molecular flexibility index (Phi) is 4.67. The fourth-order valence-electron chi connectivity index (χ4n) is 2.84. The Labute approximate surface area is 161 Å². The number of aldehydes is 1. The largest absolute Gasteiger partial charge is 0.452 e. The van der Waals surface area contributed by atoms with Crippen LogP contribution in [0.15, 0.2) is 58.2 Å². The Balaban J connectivity index is 1.91. The van der Waals surface area contributed by atoms with Gasteiger partial charge in [0.15, 0.2) is 29.3 Å². The van der Waals surface area contributed by atoms with Crippen molar-refractivity contribution in [2.24, 2.45) is 4.99 Å². The van der Waals surface area contributed by atoms with Crippen LogP contribution in [0, 0.1) is 0 Å². The minimum atomic E-state index is 0.232. The number of hydrogen-bond donors (Lipinski definition) is 0. The van der Waals surface area contributed by atoms with Gasteiger partial charge in [0.25, 0.3) is 0 Å². The number of carbonyl (C=O) groups excluding carboxylic acids is 1. The molecule has 0 radical (unpaired) electrons. The van der Waals surface area contributed by atoms with Crippen LogP contribution < -0.4 is 0 Å². The first kappa shape index (κ1) is 17.6. The number of hydrogen-bond acceptors (Lipinski definition) is 6. The van der Waals surface area contributed by atoms with Gasteiger partial charge < -0.3 is 9.32 Å². The molecule has 4 rings (SSSR count). The molecule has 0 fully saturated rings. The summed E-state index contributed by atoms with van der Waals surface area (Å²) in [5, 5.41) is 5.38. The Morgan fingerprint density at radius 1 is 1.14 bits per heavy atom. The standard InChI is InChI=1S/C20H18N6O2/c1-25(2)13-23-19-17-18(16-9-8-15(11-27)28-16)24-26(20(17)22-12-21-19)10-14-6-4-3-5-7-14/h3-9,11-13H,10H2,1-2H3. The van der Waals surface area contributed by atoms with Gasteiger partial charge in [0, 0.05) is 14.1 Å². The Morgan fingerprint density at radius 2 is 1.96 bits per heavy atom. The lowest BCUT2D eigenvalue weighted by Crippen LogP contribution is -2.07. The van der Waals surface area contributed by atoms with Gasteiger partial charge >= 0.3 is 0 Å². The molecule has 3 aromatic heterocycles. The zero-order chi connectivity index (χ0) is 19.5. The highest BCUT2D eigenvalue weighted by molar-refractivity contribution is 5.98. The maximum atomic E-state index is 11.0. The molecule has 0 amide bonds. The molecule has 0 unspecified atom stereocenters. The van der Waals surface area contributed by atoms with E-state index in [0.717, 1.165) is 5.56 Å². The molecule has 140 valence electrons. The number of fused-ring (bicyclic) bond motifs is 1. The lowest BCUT2D eigenvalue weighted by molar-refractivity contribution is 0.110. The number of benzene rings is 1. The van der Waals surface area contributed by atoms with Crippen LogP contribution in [0.25, 0.3) is 22.5 Å². The average Bonchev–Trinajstić information content (AvgIpc) is 3.32. The van der Waals surface area contributed by atoms with E-state index in [4.69, 9.17) is 9.52 Å². The van der Waals surface area contributed by atoms with Crippen LogP contribution in [0.5, 0.6) is 0 Å². The third kappa shape index (κ3) is 3.39. The SMILES string of the molecule is CN(C)C=Nc1ncnc2c1c(-c1ccc(C=O)o1)nn2Cc1ccccc1. The molecule has 0 aliphatic carbocycles. The van der Waals surface area contributed by atoms with Gasteiger partial charge in [-0.2, -0.15) is 5.10 Å². The van der Waals surface area contributed by atoms with Crippen LogP contribution in [0.3, 0.4) is 0 Å². The number of aromatic nitrogens is 4. The predicted octanol–water partition coefficient (Wildman–Crippen LogP) is 3.17. The smallest absolute Gasteiger partial charge is 0.185 e. The number of aliphatic imine (C=N–C) groups is 1. The van der Waals surface area contributed by atoms with E-state index in [0.29, 0.717) is 41.1 Å². The van der Waals surface area contributed by atoms with E-state index in [1.54, 1.807) is 23.2 Å². The Morgan fingerprint density at radius 3 is 2.68 bits per heavy atom. The van der Waals surface area contributed by atoms with Gasteiger partial charge in [-0.3, -0.25) is 4.79 Å². The highest BCUT2D eigenvalue weighted by Gasteiger charge is 2.20. The molecule has 0 atom stereocenters. The molecule has 0 saturated heterocycles. The van der Waals surface area contributed by atoms with Gasteiger partial charge in [0.1, 0.15) is 12.0 Å². The summed E-state index contributed by atoms with van der Waals surface area (Å²) in [6.45, 7) is 0.534. The minimum Gasteiger partial charge on any atom is -0.452 e. The summed E-state index contributed by atoms with van der Waals surface area (Å²) in [6.07, 6.45) is 3.80. The topological polar surface area (TPSA) is 89.4 Å². The summed E-state index contributed by atoms with van der Waals surface area (Å²) >= 11 is 0. The predicted molar refractivity (Wildman–Crippen MR) is 106 cm³/mol. The number of nitrogens with zero attached hydrogens (tertiary/aromatic N) is 6. The molecule has 0 spiro atoms. The van der Waals surface area contributed by atoms with E-state index < -0.39 is 0 Å². The summed E-state index contributed by atoms with van der Waals surface area (Å²) in [5.41, 5.74) is 2.28. The molecular weight excluding hydrogens is 356 g/mol. The van der Waals surface area contributed by atoms with Gasteiger partial charge in [-0.15, -0.1) is 0 Å². The molecule has 1 aromatic carbocycles. The first-order chi connectivity index (χ1) is 13.7. The lowest BCUT2D eigenvalue weighted by atomic mass is 10.2. The molecule has 0 bridgehead atoms. The van der Waals surface area contributed by atoms with Gasteiger partial charge in [-0.1, -0.05) is 30.3 Å². The van der Waals surface area contributed by atoms with Crippen molar-refractivity contribution in [3.05, 3.63) is 60.1 Å². The highest BCUT2D eigenvalue weighted by Crippen LogP contribution is 2.33. The quantitative estimate of drug-likeness (QED) is 0.293. The van der Waals surface area contributed by atoms with E-state index in [1.807, 2.05) is 49.3 Å². The lowest BCUT2D eigenvalue weighted by Gasteiger charge is -2.04. The molecule has 28 heavy (non-hydrogen) atoms. The van der Waals surface area contributed by atoms with Crippen molar-refractivity contribution < 1.29 is 9.21 Å². The first-order valence-electron chi connectivity index (χ1n) is 8.67. The molecule has 0 saturated carbocycles. The van der Waals surface area contributed by atoms with Crippen molar-refractivity contribution in [3.63, 3.8) is 0 Å². The van der Waals surface area contributed by atoms with Crippen molar-refractivity contribution in [1.29, 1.82) is 0 Å². The Bertz CT molecular complexity index is 1140. The van der Waals surface area contributed by atoms with E-state index in [-0.39, 0.29) is 5.76 Å². The summed E-state index contributed by atoms with van der Waals surface area (Å²) in [6, 6.07) is 13.3. The van der Waals surface area contributed by atoms with Crippen LogP contribution >= 0.6 is 0 Å². The second-order valence-corrected chi connectivity index (χ2v) is 6.42. The number of carbonyl (C=O) groups is 1. The fourth-order valence-corrected chi connectivity index (χ4v) is 2.84. The normalized spacial score (nSPS) is 11.4. The summed E-state index contributed by atoms with van der Waals surface area (Å²) in [7, 11) is 3.76. The van der Waals surface area contributed by atoms with Crippen molar-refractivity contribution in [2.75, 3.05) is 14.1 Å². The monoisotopic (exact) mass is 374 g/mol. The van der Waals surface area contributed by atoms with Gasteiger partial charge in [0.2, 0.25) is 0 Å². The van der Waals surface area contributed by atoms with Crippen molar-refractivity contribution >= 4 is 29.5 Å². The van der Waals surface area contributed by atoms with E-state index >= 15 is 0 Å². The van der Waals surface area contributed by atoms with Crippen LogP contribution in [0.4, 0.5) is 5.82 Å². The minimum absolute atomic E-state index is 0.232. The van der Waals surface area contributed by atoms with Gasteiger partial charge in [0.05, 0.1) is 18.3 Å². The maximum Gasteiger partial charge on any atom is 0.185 e. The molecule has 3 heterocycles. The van der Waals surface area contributed by atoms with Crippen LogP contribution in [-0.4, -0.2) is 51.4 Å². The third-order valence-corrected chi connectivity index (χ3v) is 4.07. The Hall–Kier alpha value is -3.81. The third-order valence-electron chi connectivity index (χ3n) is 4.07. The van der Waals surface area contributed by atoms with Crippen molar-refractivity contribution in [3.8, 4) is 11.5 Å².